The van der Waals surface area contributed by atoms with Crippen LogP contribution in [0.15, 0.2) is 60.7 Å². The molecule has 2 aromatic carbocycles. The molecule has 0 unspecified atom stereocenters. The van der Waals surface area contributed by atoms with Crippen molar-refractivity contribution in [3.63, 3.8) is 0 Å². The lowest BCUT2D eigenvalue weighted by molar-refractivity contribution is 0.310. The summed E-state index contributed by atoms with van der Waals surface area (Å²) in [7, 11) is 2.10. The number of para-hydroxylation sites is 1. The van der Waals surface area contributed by atoms with E-state index in [1.54, 1.807) is 12.1 Å². The van der Waals surface area contributed by atoms with Crippen molar-refractivity contribution in [2.24, 2.45) is 0 Å². The van der Waals surface area contributed by atoms with Gasteiger partial charge >= 0.3 is 6.01 Å². The number of nitrogens with one attached hydrogen (secondary N) is 2. The maximum atomic E-state index is 9.50. The van der Waals surface area contributed by atoms with Gasteiger partial charge in [-0.2, -0.15) is 20.1 Å². The van der Waals surface area contributed by atoms with Crippen LogP contribution in [-0.2, 0) is 0 Å². The molecule has 10 nitrogen and oxygen atoms in total. The summed E-state index contributed by atoms with van der Waals surface area (Å²) in [6, 6.07) is 18.4. The number of aromatic nitrogens is 5. The maximum Gasteiger partial charge on any atom is 0.328 e. The smallest absolute Gasteiger partial charge is 0.328 e. The Morgan fingerprint density at radius 3 is 2.45 bits per heavy atom. The lowest BCUT2D eigenvalue weighted by Gasteiger charge is -2.32. The standard InChI is InChI=1S/C23H24N8O2/c1-30-11-13-31(14-12-30)22-25-21(26-23(27-22)33-18-5-3-2-4-6-18)24-20-15-19(28-29-20)16-7-9-17(32)10-8-16/h2-10,15,32H,11-14H2,1H3,(H2,24,25,26,27,28,29). The topological polar surface area (TPSA) is 115 Å². The van der Waals surface area contributed by atoms with E-state index in [4.69, 9.17) is 4.74 Å². The van der Waals surface area contributed by atoms with Gasteiger partial charge in [0, 0.05) is 32.2 Å². The minimum absolute atomic E-state index is 0.210. The number of phenolic OH excluding ortho intramolecular Hbond substituents is 1. The Morgan fingerprint density at radius 2 is 1.70 bits per heavy atom. The van der Waals surface area contributed by atoms with Crippen molar-refractivity contribution in [1.29, 1.82) is 0 Å². The molecule has 1 saturated heterocycles. The predicted octanol–water partition coefficient (Wildman–Crippen LogP) is 3.26. The number of aromatic hydroxyl groups is 1. The first-order valence-electron chi connectivity index (χ1n) is 10.7. The summed E-state index contributed by atoms with van der Waals surface area (Å²) in [5, 5.41) is 20.0. The first kappa shape index (κ1) is 20.7. The van der Waals surface area contributed by atoms with Gasteiger partial charge in [0.05, 0.1) is 5.69 Å². The van der Waals surface area contributed by atoms with Gasteiger partial charge in [-0.3, -0.25) is 5.10 Å². The summed E-state index contributed by atoms with van der Waals surface area (Å²) in [6.07, 6.45) is 0. The molecule has 0 bridgehead atoms. The molecule has 33 heavy (non-hydrogen) atoms. The molecular weight excluding hydrogens is 420 g/mol. The lowest BCUT2D eigenvalue weighted by atomic mass is 10.1. The second kappa shape index (κ2) is 9.13. The maximum absolute atomic E-state index is 9.50. The summed E-state index contributed by atoms with van der Waals surface area (Å²) in [5.41, 5.74) is 1.70. The number of aromatic amines is 1. The average molecular weight is 444 g/mol. The third kappa shape index (κ3) is 5.01. The minimum Gasteiger partial charge on any atom is -0.508 e. The third-order valence-corrected chi connectivity index (χ3v) is 5.34. The van der Waals surface area contributed by atoms with E-state index in [0.717, 1.165) is 37.4 Å². The summed E-state index contributed by atoms with van der Waals surface area (Å²) >= 11 is 0. The van der Waals surface area contributed by atoms with E-state index in [9.17, 15) is 5.11 Å². The van der Waals surface area contributed by atoms with E-state index in [-0.39, 0.29) is 11.8 Å². The highest BCUT2D eigenvalue weighted by atomic mass is 16.5. The normalized spacial score (nSPS) is 14.3. The molecule has 0 aliphatic carbocycles. The van der Waals surface area contributed by atoms with E-state index in [1.807, 2.05) is 48.5 Å². The van der Waals surface area contributed by atoms with Gasteiger partial charge in [-0.15, -0.1) is 0 Å². The van der Waals surface area contributed by atoms with Crippen molar-refractivity contribution < 1.29 is 9.84 Å². The summed E-state index contributed by atoms with van der Waals surface area (Å²) in [4.78, 5) is 18.0. The van der Waals surface area contributed by atoms with Gasteiger partial charge in [-0.05, 0) is 49.0 Å². The molecule has 0 atom stereocenters. The lowest BCUT2D eigenvalue weighted by Crippen LogP contribution is -2.45. The Balaban J connectivity index is 1.41. The number of phenols is 1. The van der Waals surface area contributed by atoms with Gasteiger partial charge in [0.15, 0.2) is 5.82 Å². The van der Waals surface area contributed by atoms with E-state index < -0.39 is 0 Å². The van der Waals surface area contributed by atoms with E-state index >= 15 is 0 Å². The van der Waals surface area contributed by atoms with E-state index in [0.29, 0.717) is 23.5 Å². The van der Waals surface area contributed by atoms with Crippen LogP contribution in [0.2, 0.25) is 0 Å². The van der Waals surface area contributed by atoms with Crippen molar-refractivity contribution in [3.8, 4) is 28.8 Å². The van der Waals surface area contributed by atoms with Crippen LogP contribution in [0.25, 0.3) is 11.3 Å². The zero-order chi connectivity index (χ0) is 22.6. The zero-order valence-electron chi connectivity index (χ0n) is 18.1. The Bertz CT molecular complexity index is 1200. The number of hydrogen-bond donors (Lipinski definition) is 3. The number of hydrogen-bond acceptors (Lipinski definition) is 9. The fourth-order valence-electron chi connectivity index (χ4n) is 3.48. The van der Waals surface area contributed by atoms with E-state index in [2.05, 4.69) is 47.3 Å². The Labute approximate surface area is 190 Å². The van der Waals surface area contributed by atoms with Crippen LogP contribution in [0.1, 0.15) is 0 Å². The molecular formula is C23H24N8O2. The molecule has 0 saturated carbocycles. The van der Waals surface area contributed by atoms with Gasteiger partial charge in [-0.1, -0.05) is 18.2 Å². The molecule has 0 spiro atoms. The second-order valence-electron chi connectivity index (χ2n) is 7.79. The molecule has 0 amide bonds. The fraction of sp³-hybridized carbons (Fsp3) is 0.217. The summed E-state index contributed by atoms with van der Waals surface area (Å²) < 4.78 is 5.90. The summed E-state index contributed by atoms with van der Waals surface area (Å²) in [5.74, 6) is 2.31. The van der Waals surface area contributed by atoms with Gasteiger partial charge in [0.25, 0.3) is 0 Å². The number of piperazine rings is 1. The monoisotopic (exact) mass is 444 g/mol. The van der Waals surface area contributed by atoms with Gasteiger partial charge in [-0.25, -0.2) is 0 Å². The SMILES string of the molecule is CN1CCN(c2nc(Nc3cc(-c4ccc(O)cc4)[nH]n3)nc(Oc3ccccc3)n2)CC1. The van der Waals surface area contributed by atoms with Crippen molar-refractivity contribution in [1.82, 2.24) is 30.0 Å². The van der Waals surface area contributed by atoms with Crippen molar-refractivity contribution in [2.75, 3.05) is 43.4 Å². The Kier molecular flexibility index (Phi) is 5.73. The quantitative estimate of drug-likeness (QED) is 0.412. The highest BCUT2D eigenvalue weighted by Crippen LogP contribution is 2.25. The number of H-pyrrole nitrogens is 1. The third-order valence-electron chi connectivity index (χ3n) is 5.34. The van der Waals surface area contributed by atoms with Crippen LogP contribution < -0.4 is 15.0 Å². The molecule has 1 aliphatic heterocycles. The molecule has 2 aromatic heterocycles. The highest BCUT2D eigenvalue weighted by molar-refractivity contribution is 5.65. The molecule has 0 radical (unpaired) electrons. The number of benzene rings is 2. The fourth-order valence-corrected chi connectivity index (χ4v) is 3.48. The first-order chi connectivity index (χ1) is 16.1. The number of nitrogens with zero attached hydrogens (tertiary/aromatic N) is 6. The van der Waals surface area contributed by atoms with Crippen LogP contribution in [0.5, 0.6) is 17.5 Å². The van der Waals surface area contributed by atoms with Crippen LogP contribution in [0.4, 0.5) is 17.7 Å². The Hall–Kier alpha value is -4.18. The number of likely N-dealkylation sites (N-methyl/N-ethyl adjacent to an activating group) is 1. The van der Waals surface area contributed by atoms with Gasteiger partial charge < -0.3 is 25.0 Å². The first-order valence-corrected chi connectivity index (χ1v) is 10.7. The number of ether oxygens (including phenoxy) is 1. The van der Waals surface area contributed by atoms with Crippen molar-refractivity contribution in [3.05, 3.63) is 60.7 Å². The molecule has 168 valence electrons. The molecule has 1 fully saturated rings. The predicted molar refractivity (Wildman–Crippen MR) is 125 cm³/mol. The van der Waals surface area contributed by atoms with Gasteiger partial charge in [0.2, 0.25) is 11.9 Å². The molecule has 4 aromatic rings. The molecule has 3 heterocycles. The largest absolute Gasteiger partial charge is 0.508 e. The zero-order valence-corrected chi connectivity index (χ0v) is 18.1. The van der Waals surface area contributed by atoms with E-state index in [1.165, 1.54) is 0 Å². The van der Waals surface area contributed by atoms with Crippen molar-refractivity contribution in [2.45, 2.75) is 0 Å². The van der Waals surface area contributed by atoms with Crippen LogP contribution in [0.3, 0.4) is 0 Å². The average Bonchev–Trinajstić information content (AvgIpc) is 3.29. The Morgan fingerprint density at radius 1 is 0.939 bits per heavy atom. The molecule has 5 rings (SSSR count). The number of rotatable bonds is 6. The van der Waals surface area contributed by atoms with Crippen molar-refractivity contribution >= 4 is 17.7 Å². The van der Waals surface area contributed by atoms with Crippen LogP contribution in [0, 0.1) is 0 Å². The molecule has 10 heteroatoms. The molecule has 1 aliphatic rings. The second-order valence-corrected chi connectivity index (χ2v) is 7.79. The van der Waals surface area contributed by atoms with Crippen LogP contribution >= 0.6 is 0 Å². The van der Waals surface area contributed by atoms with Crippen LogP contribution in [-0.4, -0.2) is 68.4 Å². The highest BCUT2D eigenvalue weighted by Gasteiger charge is 2.19. The van der Waals surface area contributed by atoms with Gasteiger partial charge in [0.1, 0.15) is 11.5 Å². The minimum atomic E-state index is 0.210. The number of anilines is 3. The molecule has 3 N–H and O–H groups in total. The summed E-state index contributed by atoms with van der Waals surface area (Å²) in [6.45, 7) is 3.49.